The monoisotopic (exact) mass is 219 g/mol. The van der Waals surface area contributed by atoms with Crippen molar-refractivity contribution in [2.75, 3.05) is 11.9 Å². The average Bonchev–Trinajstić information content (AvgIpc) is 2.26. The molecule has 0 spiro atoms. The molecule has 0 aliphatic rings. The molecule has 1 rings (SSSR count). The summed E-state index contributed by atoms with van der Waals surface area (Å²) in [7, 11) is 1.59. The van der Waals surface area contributed by atoms with Gasteiger partial charge in [0.05, 0.1) is 0 Å². The minimum atomic E-state index is -0.538. The maximum atomic E-state index is 11.2. The number of amides is 1. The number of carbonyl (C=O) groups excluding carboxylic acids is 2. The smallest absolute Gasteiger partial charge is 0.290 e. The molecule has 0 aliphatic carbocycles. The van der Waals surface area contributed by atoms with Crippen molar-refractivity contribution < 1.29 is 9.59 Å². The van der Waals surface area contributed by atoms with Crippen LogP contribution in [-0.4, -0.2) is 19.2 Å². The van der Waals surface area contributed by atoms with E-state index in [0.717, 1.165) is 5.69 Å². The summed E-state index contributed by atoms with van der Waals surface area (Å²) < 4.78 is 0. The maximum Gasteiger partial charge on any atom is 0.290 e. The van der Waals surface area contributed by atoms with Crippen LogP contribution in [0.4, 0.5) is 5.69 Å². The third kappa shape index (κ3) is 2.69. The summed E-state index contributed by atoms with van der Waals surface area (Å²) in [5, 5.41) is 0. The lowest BCUT2D eigenvalue weighted by Gasteiger charge is -2.20. The summed E-state index contributed by atoms with van der Waals surface area (Å²) in [6, 6.07) is 7.65. The minimum Gasteiger partial charge on any atom is -0.309 e. The fourth-order valence-electron chi connectivity index (χ4n) is 1.39. The first-order valence-electron chi connectivity index (χ1n) is 5.19. The normalized spacial score (nSPS) is 11.0. The second kappa shape index (κ2) is 4.47. The van der Waals surface area contributed by atoms with Crippen LogP contribution in [0.3, 0.4) is 0 Å². The number of hydrogen-bond acceptors (Lipinski definition) is 2. The molecule has 0 saturated carbocycles. The van der Waals surface area contributed by atoms with E-state index in [-0.39, 0.29) is 5.41 Å². The summed E-state index contributed by atoms with van der Waals surface area (Å²) in [5.74, 6) is -0.538. The third-order valence-corrected chi connectivity index (χ3v) is 2.55. The van der Waals surface area contributed by atoms with Gasteiger partial charge in [0.2, 0.25) is 6.29 Å². The van der Waals surface area contributed by atoms with E-state index in [1.54, 1.807) is 7.05 Å². The molecule has 0 N–H and O–H groups in total. The molecule has 0 unspecified atom stereocenters. The summed E-state index contributed by atoms with van der Waals surface area (Å²) in [4.78, 5) is 22.8. The predicted molar refractivity (Wildman–Crippen MR) is 64.6 cm³/mol. The Morgan fingerprint density at radius 3 is 2.06 bits per heavy atom. The van der Waals surface area contributed by atoms with E-state index in [4.69, 9.17) is 0 Å². The number of anilines is 1. The van der Waals surface area contributed by atoms with Crippen LogP contribution in [0.5, 0.6) is 0 Å². The van der Waals surface area contributed by atoms with Crippen molar-refractivity contribution in [3.05, 3.63) is 29.8 Å². The molecule has 0 aromatic heterocycles. The van der Waals surface area contributed by atoms with Gasteiger partial charge in [-0.05, 0) is 23.1 Å². The van der Waals surface area contributed by atoms with Gasteiger partial charge in [-0.2, -0.15) is 0 Å². The van der Waals surface area contributed by atoms with Crippen LogP contribution >= 0.6 is 0 Å². The Hall–Kier alpha value is -1.64. The molecule has 3 nitrogen and oxygen atoms in total. The van der Waals surface area contributed by atoms with Crippen molar-refractivity contribution in [2.24, 2.45) is 0 Å². The topological polar surface area (TPSA) is 37.4 Å². The molecule has 0 fully saturated rings. The number of hydrogen-bond donors (Lipinski definition) is 0. The highest BCUT2D eigenvalue weighted by Crippen LogP contribution is 2.24. The van der Waals surface area contributed by atoms with Crippen LogP contribution in [0, 0.1) is 0 Å². The second-order valence-electron chi connectivity index (χ2n) is 4.81. The van der Waals surface area contributed by atoms with Gasteiger partial charge in [0.1, 0.15) is 0 Å². The van der Waals surface area contributed by atoms with Gasteiger partial charge in [-0.25, -0.2) is 0 Å². The van der Waals surface area contributed by atoms with E-state index in [9.17, 15) is 9.59 Å². The fourth-order valence-corrected chi connectivity index (χ4v) is 1.39. The molecule has 1 aromatic carbocycles. The Morgan fingerprint density at radius 1 is 1.19 bits per heavy atom. The van der Waals surface area contributed by atoms with Crippen LogP contribution in [0.1, 0.15) is 26.3 Å². The molecular weight excluding hydrogens is 202 g/mol. The van der Waals surface area contributed by atoms with Crippen molar-refractivity contribution in [3.63, 3.8) is 0 Å². The number of nitrogens with zero attached hydrogens (tertiary/aromatic N) is 1. The minimum absolute atomic E-state index is 0.0891. The van der Waals surface area contributed by atoms with Gasteiger partial charge in [0, 0.05) is 12.7 Å². The maximum absolute atomic E-state index is 11.2. The molecular formula is C13H17NO2. The van der Waals surface area contributed by atoms with Crippen molar-refractivity contribution in [1.82, 2.24) is 0 Å². The molecule has 1 amide bonds. The van der Waals surface area contributed by atoms with Gasteiger partial charge in [0.25, 0.3) is 5.91 Å². The Kier molecular flexibility index (Phi) is 3.48. The van der Waals surface area contributed by atoms with Crippen LogP contribution in [0.25, 0.3) is 0 Å². The molecule has 86 valence electrons. The Bertz CT molecular complexity index is 387. The molecule has 0 atom stereocenters. The second-order valence-corrected chi connectivity index (χ2v) is 4.81. The van der Waals surface area contributed by atoms with E-state index >= 15 is 0 Å². The zero-order valence-electron chi connectivity index (χ0n) is 10.2. The number of likely N-dealkylation sites (N-methyl/N-ethyl adjacent to an activating group) is 1. The van der Waals surface area contributed by atoms with Gasteiger partial charge >= 0.3 is 0 Å². The average molecular weight is 219 g/mol. The molecule has 0 aliphatic heterocycles. The number of rotatable bonds is 2. The SMILES string of the molecule is CN(C(=O)C=O)c1ccc(C(C)(C)C)cc1. The number of aldehydes is 1. The molecule has 0 heterocycles. The zero-order valence-corrected chi connectivity index (χ0v) is 10.2. The van der Waals surface area contributed by atoms with E-state index in [1.165, 1.54) is 10.5 Å². The van der Waals surface area contributed by atoms with Gasteiger partial charge in [0.15, 0.2) is 0 Å². The lowest BCUT2D eigenvalue weighted by atomic mass is 9.87. The zero-order chi connectivity index (χ0) is 12.3. The molecule has 0 radical (unpaired) electrons. The highest BCUT2D eigenvalue weighted by atomic mass is 16.2. The van der Waals surface area contributed by atoms with Gasteiger partial charge in [-0.15, -0.1) is 0 Å². The largest absolute Gasteiger partial charge is 0.309 e. The first-order valence-corrected chi connectivity index (χ1v) is 5.19. The van der Waals surface area contributed by atoms with Gasteiger partial charge in [-0.3, -0.25) is 9.59 Å². The molecule has 0 bridgehead atoms. The number of carbonyl (C=O) groups is 2. The van der Waals surface area contributed by atoms with E-state index in [2.05, 4.69) is 20.8 Å². The Morgan fingerprint density at radius 2 is 1.69 bits per heavy atom. The van der Waals surface area contributed by atoms with E-state index < -0.39 is 5.91 Å². The fraction of sp³-hybridized carbons (Fsp3) is 0.385. The third-order valence-electron chi connectivity index (χ3n) is 2.55. The first-order chi connectivity index (χ1) is 7.36. The van der Waals surface area contributed by atoms with E-state index in [1.807, 2.05) is 24.3 Å². The van der Waals surface area contributed by atoms with Crippen molar-refractivity contribution >= 4 is 17.9 Å². The van der Waals surface area contributed by atoms with Crippen LogP contribution in [0.2, 0.25) is 0 Å². The highest BCUT2D eigenvalue weighted by Gasteiger charge is 2.14. The lowest BCUT2D eigenvalue weighted by molar-refractivity contribution is -0.129. The molecule has 3 heteroatoms. The van der Waals surface area contributed by atoms with Crippen molar-refractivity contribution in [1.29, 1.82) is 0 Å². The Balaban J connectivity index is 2.95. The molecule has 1 aromatic rings. The van der Waals surface area contributed by atoms with Gasteiger partial charge < -0.3 is 4.90 Å². The van der Waals surface area contributed by atoms with E-state index in [0.29, 0.717) is 6.29 Å². The summed E-state index contributed by atoms with van der Waals surface area (Å²) in [5.41, 5.74) is 2.01. The van der Waals surface area contributed by atoms with Crippen molar-refractivity contribution in [3.8, 4) is 0 Å². The molecule has 16 heavy (non-hydrogen) atoms. The Labute approximate surface area is 96.1 Å². The van der Waals surface area contributed by atoms with Crippen LogP contribution in [-0.2, 0) is 15.0 Å². The quantitative estimate of drug-likeness (QED) is 0.564. The standard InChI is InChI=1S/C13H17NO2/c1-13(2,3)10-5-7-11(8-6-10)14(4)12(16)9-15/h5-9H,1-4H3. The van der Waals surface area contributed by atoms with Crippen LogP contribution < -0.4 is 4.90 Å². The summed E-state index contributed by atoms with van der Waals surface area (Å²) >= 11 is 0. The highest BCUT2D eigenvalue weighted by molar-refractivity contribution is 6.30. The molecule has 0 saturated heterocycles. The lowest BCUT2D eigenvalue weighted by Crippen LogP contribution is -2.27. The van der Waals surface area contributed by atoms with Crippen LogP contribution in [0.15, 0.2) is 24.3 Å². The summed E-state index contributed by atoms with van der Waals surface area (Å²) in [6.07, 6.45) is 0.317. The first kappa shape index (κ1) is 12.4. The van der Waals surface area contributed by atoms with Crippen molar-refractivity contribution in [2.45, 2.75) is 26.2 Å². The summed E-state index contributed by atoms with van der Waals surface area (Å²) in [6.45, 7) is 6.38. The number of benzene rings is 1. The predicted octanol–water partition coefficient (Wildman–Crippen LogP) is 2.15. The van der Waals surface area contributed by atoms with Gasteiger partial charge in [-0.1, -0.05) is 32.9 Å².